The van der Waals surface area contributed by atoms with E-state index in [-0.39, 0.29) is 10.2 Å². The molecule has 0 unspecified atom stereocenters. The molecule has 0 amide bonds. The van der Waals surface area contributed by atoms with Gasteiger partial charge in [-0.2, -0.15) is 0 Å². The van der Waals surface area contributed by atoms with Crippen molar-refractivity contribution in [3.05, 3.63) is 0 Å². The first-order chi connectivity index (χ1) is 3.71. The molecule has 1 fully saturated rings. The van der Waals surface area contributed by atoms with Gasteiger partial charge in [-0.25, -0.2) is 8.42 Å². The molecule has 8 heavy (non-hydrogen) atoms. The van der Waals surface area contributed by atoms with Crippen LogP contribution in [0.1, 0.15) is 0 Å². The average Bonchev–Trinajstić information content (AvgIpc) is 1.65. The predicted molar refractivity (Wildman–Crippen MR) is 41.4 cm³/mol. The van der Waals surface area contributed by atoms with Gasteiger partial charge in [-0.15, -0.1) is 0 Å². The largest absolute Gasteiger partial charge is 0.227 e. The van der Waals surface area contributed by atoms with E-state index in [4.69, 9.17) is 0 Å². The SMILES string of the molecule is O=S1(=O)CSSSC1. The van der Waals surface area contributed by atoms with E-state index in [1.54, 1.807) is 9.83 Å². The van der Waals surface area contributed by atoms with Gasteiger partial charge >= 0.3 is 0 Å². The molecule has 0 spiro atoms. The van der Waals surface area contributed by atoms with Crippen molar-refractivity contribution < 1.29 is 8.42 Å². The summed E-state index contributed by atoms with van der Waals surface area (Å²) in [7, 11) is 1.66. The van der Waals surface area contributed by atoms with Crippen molar-refractivity contribution in [2.24, 2.45) is 0 Å². The molecule has 1 saturated heterocycles. The first kappa shape index (κ1) is 7.11. The second-order valence-corrected chi connectivity index (χ2v) is 8.31. The van der Waals surface area contributed by atoms with Gasteiger partial charge in [0.05, 0.1) is 0 Å². The third-order valence-corrected chi connectivity index (χ3v) is 8.43. The first-order valence-corrected chi connectivity index (χ1v) is 7.46. The van der Waals surface area contributed by atoms with E-state index >= 15 is 0 Å². The van der Waals surface area contributed by atoms with Crippen LogP contribution in [0.2, 0.25) is 0 Å². The van der Waals surface area contributed by atoms with Crippen LogP contribution in [0.5, 0.6) is 0 Å². The van der Waals surface area contributed by atoms with Crippen molar-refractivity contribution in [2.45, 2.75) is 0 Å². The summed E-state index contributed by atoms with van der Waals surface area (Å²) in [6, 6.07) is 0. The number of hydrogen-bond donors (Lipinski definition) is 0. The molecule has 1 heterocycles. The Balaban J connectivity index is 2.58. The van der Waals surface area contributed by atoms with Gasteiger partial charge in [0.1, 0.15) is 10.2 Å². The van der Waals surface area contributed by atoms with E-state index in [1.165, 1.54) is 21.6 Å². The summed E-state index contributed by atoms with van der Waals surface area (Å²) in [6.45, 7) is 0. The zero-order valence-corrected chi connectivity index (χ0v) is 7.13. The van der Waals surface area contributed by atoms with Gasteiger partial charge in [0.25, 0.3) is 0 Å². The molecule has 48 valence electrons. The van der Waals surface area contributed by atoms with Gasteiger partial charge in [-0.05, 0) is 9.83 Å². The van der Waals surface area contributed by atoms with Crippen LogP contribution in [0.4, 0.5) is 0 Å². The minimum absolute atomic E-state index is 0.282. The molecule has 0 aromatic carbocycles. The van der Waals surface area contributed by atoms with E-state index in [0.717, 1.165) is 0 Å². The Morgan fingerprint density at radius 3 is 1.88 bits per heavy atom. The second-order valence-electron chi connectivity index (χ2n) is 1.28. The van der Waals surface area contributed by atoms with E-state index in [0.29, 0.717) is 0 Å². The van der Waals surface area contributed by atoms with Crippen LogP contribution < -0.4 is 0 Å². The normalized spacial score (nSPS) is 27.5. The van der Waals surface area contributed by atoms with Crippen molar-refractivity contribution >= 4 is 41.3 Å². The summed E-state index contributed by atoms with van der Waals surface area (Å²) in [6.07, 6.45) is 0. The number of hydrogen-bond acceptors (Lipinski definition) is 5. The second kappa shape index (κ2) is 2.72. The highest BCUT2D eigenvalue weighted by Crippen LogP contribution is 2.41. The molecular weight excluding hydrogens is 184 g/mol. The maximum absolute atomic E-state index is 10.6. The lowest BCUT2D eigenvalue weighted by Gasteiger charge is -2.06. The van der Waals surface area contributed by atoms with Gasteiger partial charge in [0.2, 0.25) is 0 Å². The highest BCUT2D eigenvalue weighted by atomic mass is 33.5. The highest BCUT2D eigenvalue weighted by molar-refractivity contribution is 9.11. The molecule has 0 radical (unpaired) electrons. The highest BCUT2D eigenvalue weighted by Gasteiger charge is 2.16. The van der Waals surface area contributed by atoms with E-state index < -0.39 is 9.84 Å². The summed E-state index contributed by atoms with van der Waals surface area (Å²) >= 11 is 0. The van der Waals surface area contributed by atoms with Crippen molar-refractivity contribution in [3.63, 3.8) is 0 Å². The average molecular weight is 188 g/mol. The Hall–Kier alpha value is 1.000. The van der Waals surface area contributed by atoms with E-state index in [9.17, 15) is 8.42 Å². The van der Waals surface area contributed by atoms with Crippen molar-refractivity contribution in [3.8, 4) is 0 Å². The predicted octanol–water partition coefficient (Wildman–Crippen LogP) is 1.36. The van der Waals surface area contributed by atoms with E-state index in [2.05, 4.69) is 0 Å². The fourth-order valence-corrected chi connectivity index (χ4v) is 8.98. The molecule has 0 aromatic heterocycles. The van der Waals surface area contributed by atoms with Crippen LogP contribution in [0.3, 0.4) is 0 Å². The van der Waals surface area contributed by atoms with Gasteiger partial charge in [-0.1, -0.05) is 21.6 Å². The smallest absolute Gasteiger partial charge is 0.170 e. The summed E-state index contributed by atoms with van der Waals surface area (Å²) in [4.78, 5) is 0. The van der Waals surface area contributed by atoms with Crippen LogP contribution in [0, 0.1) is 0 Å². The lowest BCUT2D eigenvalue weighted by Crippen LogP contribution is -2.06. The van der Waals surface area contributed by atoms with Gasteiger partial charge in [0.15, 0.2) is 9.84 Å². The third kappa shape index (κ3) is 2.08. The molecule has 0 aliphatic carbocycles. The molecule has 1 rings (SSSR count). The molecule has 0 atom stereocenters. The van der Waals surface area contributed by atoms with Crippen LogP contribution in [0.25, 0.3) is 0 Å². The summed E-state index contributed by atoms with van der Waals surface area (Å²) in [5, 5.41) is 0.565. The summed E-state index contributed by atoms with van der Waals surface area (Å²) in [5.41, 5.74) is 0. The minimum Gasteiger partial charge on any atom is -0.227 e. The standard InChI is InChI=1S/C2H4O2S4/c3-8(4)1-5-7-6-2-8/h1-2H2. The summed E-state index contributed by atoms with van der Waals surface area (Å²) in [5.74, 6) is 0. The van der Waals surface area contributed by atoms with Gasteiger partial charge in [0, 0.05) is 0 Å². The molecule has 2 nitrogen and oxygen atoms in total. The summed E-state index contributed by atoms with van der Waals surface area (Å²) < 4.78 is 21.2. The van der Waals surface area contributed by atoms with Gasteiger partial charge < -0.3 is 0 Å². The minimum atomic E-state index is -2.68. The molecule has 0 bridgehead atoms. The molecular formula is C2H4O2S4. The lowest BCUT2D eigenvalue weighted by atomic mass is 11.9. The third-order valence-electron chi connectivity index (χ3n) is 0.552. The van der Waals surface area contributed by atoms with E-state index in [1.807, 2.05) is 0 Å². The molecule has 0 saturated carbocycles. The topological polar surface area (TPSA) is 34.1 Å². The number of sulfone groups is 1. The Bertz CT molecular complexity index is 147. The van der Waals surface area contributed by atoms with Crippen molar-refractivity contribution in [2.75, 3.05) is 10.2 Å². The number of rotatable bonds is 0. The quantitative estimate of drug-likeness (QED) is 0.536. The molecule has 6 heteroatoms. The maximum Gasteiger partial charge on any atom is 0.170 e. The Morgan fingerprint density at radius 2 is 1.62 bits per heavy atom. The zero-order valence-electron chi connectivity index (χ0n) is 3.86. The van der Waals surface area contributed by atoms with Crippen molar-refractivity contribution in [1.29, 1.82) is 0 Å². The molecule has 1 aliphatic rings. The maximum atomic E-state index is 10.6. The van der Waals surface area contributed by atoms with Gasteiger partial charge in [-0.3, -0.25) is 0 Å². The fraction of sp³-hybridized carbons (Fsp3) is 1.00. The zero-order chi connectivity index (χ0) is 6.04. The molecule has 0 aromatic rings. The van der Waals surface area contributed by atoms with Crippen LogP contribution >= 0.6 is 31.4 Å². The molecule has 0 N–H and O–H groups in total. The van der Waals surface area contributed by atoms with Crippen LogP contribution in [-0.4, -0.2) is 18.6 Å². The van der Waals surface area contributed by atoms with Crippen LogP contribution in [0.15, 0.2) is 0 Å². The Kier molecular flexibility index (Phi) is 2.42. The van der Waals surface area contributed by atoms with Crippen molar-refractivity contribution in [1.82, 2.24) is 0 Å². The first-order valence-electron chi connectivity index (χ1n) is 1.82. The fourth-order valence-electron chi connectivity index (χ4n) is 0.254. The Labute approximate surface area is 59.9 Å². The van der Waals surface area contributed by atoms with Crippen LogP contribution in [-0.2, 0) is 9.84 Å². The lowest BCUT2D eigenvalue weighted by molar-refractivity contribution is 0.605. The molecule has 1 aliphatic heterocycles. The monoisotopic (exact) mass is 188 g/mol. The Morgan fingerprint density at radius 1 is 1.12 bits per heavy atom.